The fourth-order valence-electron chi connectivity index (χ4n) is 1.28. The molecular formula is C13H18ClF3O. The van der Waals surface area contributed by atoms with Crippen LogP contribution in [-0.2, 0) is 0 Å². The second-order valence-corrected chi connectivity index (χ2v) is 5.07. The van der Waals surface area contributed by atoms with Gasteiger partial charge >= 0.3 is 6.18 Å². The fraction of sp³-hybridized carbons (Fsp3) is 0.538. The maximum absolute atomic E-state index is 13.1. The average Bonchev–Trinajstić information content (AvgIpc) is 2.23. The van der Waals surface area contributed by atoms with Crippen molar-refractivity contribution in [2.45, 2.75) is 32.3 Å². The molecule has 0 aromatic carbocycles. The van der Waals surface area contributed by atoms with Gasteiger partial charge in [0.2, 0.25) is 0 Å². The monoisotopic (exact) mass is 282 g/mol. The smallest absolute Gasteiger partial charge is 0.392 e. The Balaban J connectivity index is 5.50. The van der Waals surface area contributed by atoms with Gasteiger partial charge in [-0.1, -0.05) is 30.4 Å². The number of alkyl halides is 4. The molecule has 2 unspecified atom stereocenters. The number of rotatable bonds is 5. The van der Waals surface area contributed by atoms with Gasteiger partial charge in [-0.05, 0) is 26.3 Å². The lowest BCUT2D eigenvalue weighted by Gasteiger charge is -2.30. The molecule has 0 aliphatic heterocycles. The molecule has 1 nitrogen and oxygen atoms in total. The number of allylic oxidation sites excluding steroid dienone is 3. The molecule has 0 heterocycles. The quantitative estimate of drug-likeness (QED) is 0.454. The zero-order valence-corrected chi connectivity index (χ0v) is 11.4. The molecule has 0 spiro atoms. The van der Waals surface area contributed by atoms with E-state index in [-0.39, 0.29) is 17.8 Å². The van der Waals surface area contributed by atoms with Crippen LogP contribution in [0.2, 0.25) is 0 Å². The third-order valence-corrected chi connectivity index (χ3v) is 2.87. The zero-order valence-electron chi connectivity index (χ0n) is 10.7. The van der Waals surface area contributed by atoms with Crippen molar-refractivity contribution in [3.05, 3.63) is 36.0 Å². The number of hydrogen-bond donors (Lipinski definition) is 1. The minimum atomic E-state index is -4.44. The molecule has 0 amide bonds. The highest BCUT2D eigenvalue weighted by atomic mass is 35.5. The van der Waals surface area contributed by atoms with Crippen LogP contribution in [0.5, 0.6) is 0 Å². The summed E-state index contributed by atoms with van der Waals surface area (Å²) >= 11 is 5.64. The molecule has 5 heteroatoms. The second-order valence-electron chi connectivity index (χ2n) is 4.38. The molecule has 0 saturated heterocycles. The number of hydrogen-bond acceptors (Lipinski definition) is 1. The van der Waals surface area contributed by atoms with E-state index in [1.807, 2.05) is 0 Å². The van der Waals surface area contributed by atoms with Crippen molar-refractivity contribution in [1.82, 2.24) is 0 Å². The Labute approximate surface area is 111 Å². The lowest BCUT2D eigenvalue weighted by atomic mass is 9.80. The largest absolute Gasteiger partial charge is 0.401 e. The number of halogens is 4. The van der Waals surface area contributed by atoms with Crippen LogP contribution >= 0.6 is 11.6 Å². The SMILES string of the molecule is C=C(/C=C(\C)C(C)(/C=C\C(C)Cl)C(F)(F)F)CO. The molecule has 0 rings (SSSR count). The van der Waals surface area contributed by atoms with Crippen LogP contribution in [0.4, 0.5) is 13.2 Å². The van der Waals surface area contributed by atoms with Crippen LogP contribution in [0.1, 0.15) is 20.8 Å². The van der Waals surface area contributed by atoms with Gasteiger partial charge in [0.15, 0.2) is 0 Å². The molecular weight excluding hydrogens is 265 g/mol. The first-order valence-corrected chi connectivity index (χ1v) is 5.85. The Morgan fingerprint density at radius 1 is 1.44 bits per heavy atom. The summed E-state index contributed by atoms with van der Waals surface area (Å²) in [5, 5.41) is 8.32. The van der Waals surface area contributed by atoms with Crippen LogP contribution in [0.25, 0.3) is 0 Å². The van der Waals surface area contributed by atoms with Gasteiger partial charge in [0.25, 0.3) is 0 Å². The predicted octanol–water partition coefficient (Wildman–Crippen LogP) is 4.23. The molecule has 0 aromatic heterocycles. The van der Waals surface area contributed by atoms with E-state index in [1.165, 1.54) is 19.1 Å². The lowest BCUT2D eigenvalue weighted by Crippen LogP contribution is -2.34. The Morgan fingerprint density at radius 3 is 2.28 bits per heavy atom. The van der Waals surface area contributed by atoms with Gasteiger partial charge in [0, 0.05) is 5.38 Å². The Hall–Kier alpha value is -0.740. The average molecular weight is 283 g/mol. The minimum Gasteiger partial charge on any atom is -0.392 e. The molecule has 18 heavy (non-hydrogen) atoms. The van der Waals surface area contributed by atoms with Crippen molar-refractivity contribution in [1.29, 1.82) is 0 Å². The van der Waals surface area contributed by atoms with E-state index in [0.29, 0.717) is 0 Å². The third kappa shape index (κ3) is 4.50. The Kier molecular flexibility index (Phi) is 6.17. The molecule has 0 bridgehead atoms. The van der Waals surface area contributed by atoms with Crippen molar-refractivity contribution < 1.29 is 18.3 Å². The summed E-state index contributed by atoms with van der Waals surface area (Å²) in [5.74, 6) is 0. The summed E-state index contributed by atoms with van der Waals surface area (Å²) in [6.45, 7) is 7.10. The molecule has 0 aromatic rings. The standard InChI is InChI=1S/C13H18ClF3O/c1-9(8-18)7-10(2)12(4,13(15,16)17)6-5-11(3)14/h5-7,11,18H,1,8H2,2-4H3/b6-5-,10-7+. The molecule has 1 N–H and O–H groups in total. The van der Waals surface area contributed by atoms with Crippen molar-refractivity contribution >= 4 is 11.6 Å². The van der Waals surface area contributed by atoms with Gasteiger partial charge in [-0.3, -0.25) is 0 Å². The molecule has 2 atom stereocenters. The van der Waals surface area contributed by atoms with E-state index in [4.69, 9.17) is 16.7 Å². The van der Waals surface area contributed by atoms with Crippen molar-refractivity contribution in [2.75, 3.05) is 6.61 Å². The zero-order chi connectivity index (χ0) is 14.6. The number of aliphatic hydroxyl groups excluding tert-OH is 1. The highest BCUT2D eigenvalue weighted by molar-refractivity contribution is 6.21. The summed E-state index contributed by atoms with van der Waals surface area (Å²) in [7, 11) is 0. The minimum absolute atomic E-state index is 0.0580. The van der Waals surface area contributed by atoms with E-state index in [1.54, 1.807) is 6.92 Å². The number of aliphatic hydroxyl groups is 1. The summed E-state index contributed by atoms with van der Waals surface area (Å²) in [4.78, 5) is 0. The molecule has 0 aliphatic rings. The van der Waals surface area contributed by atoms with E-state index < -0.39 is 17.0 Å². The van der Waals surface area contributed by atoms with E-state index >= 15 is 0 Å². The van der Waals surface area contributed by atoms with Crippen LogP contribution in [0, 0.1) is 5.41 Å². The fourth-order valence-corrected chi connectivity index (χ4v) is 1.35. The second kappa shape index (κ2) is 6.43. The predicted molar refractivity (Wildman–Crippen MR) is 68.6 cm³/mol. The topological polar surface area (TPSA) is 20.2 Å². The van der Waals surface area contributed by atoms with E-state index in [2.05, 4.69) is 6.58 Å². The highest BCUT2D eigenvalue weighted by Crippen LogP contribution is 2.45. The van der Waals surface area contributed by atoms with Crippen molar-refractivity contribution in [3.63, 3.8) is 0 Å². The van der Waals surface area contributed by atoms with Gasteiger partial charge in [-0.2, -0.15) is 13.2 Å². The van der Waals surface area contributed by atoms with Crippen LogP contribution in [0.3, 0.4) is 0 Å². The van der Waals surface area contributed by atoms with Gasteiger partial charge in [0.1, 0.15) is 5.41 Å². The van der Waals surface area contributed by atoms with Crippen LogP contribution < -0.4 is 0 Å². The van der Waals surface area contributed by atoms with Gasteiger partial charge < -0.3 is 5.11 Å². The Morgan fingerprint density at radius 2 is 1.94 bits per heavy atom. The summed E-state index contributed by atoms with van der Waals surface area (Å²) in [5.41, 5.74) is -1.83. The lowest BCUT2D eigenvalue weighted by molar-refractivity contribution is -0.187. The summed E-state index contributed by atoms with van der Waals surface area (Å²) in [6, 6.07) is 0. The summed E-state index contributed by atoms with van der Waals surface area (Å²) in [6.07, 6.45) is -0.850. The van der Waals surface area contributed by atoms with E-state index in [0.717, 1.165) is 13.0 Å². The third-order valence-electron chi connectivity index (χ3n) is 2.73. The first kappa shape index (κ1) is 17.3. The van der Waals surface area contributed by atoms with Crippen molar-refractivity contribution in [2.24, 2.45) is 5.41 Å². The van der Waals surface area contributed by atoms with Gasteiger partial charge in [0.05, 0.1) is 6.61 Å². The highest BCUT2D eigenvalue weighted by Gasteiger charge is 2.50. The van der Waals surface area contributed by atoms with Crippen LogP contribution in [-0.4, -0.2) is 23.3 Å². The van der Waals surface area contributed by atoms with E-state index in [9.17, 15) is 13.2 Å². The first-order chi connectivity index (χ1) is 8.04. The molecule has 0 fully saturated rings. The van der Waals surface area contributed by atoms with Crippen molar-refractivity contribution in [3.8, 4) is 0 Å². The maximum atomic E-state index is 13.1. The van der Waals surface area contributed by atoms with Crippen LogP contribution in [0.15, 0.2) is 36.0 Å². The van der Waals surface area contributed by atoms with Gasteiger partial charge in [-0.15, -0.1) is 11.6 Å². The Bertz CT molecular complexity index is 356. The molecule has 0 radical (unpaired) electrons. The summed E-state index contributed by atoms with van der Waals surface area (Å²) < 4.78 is 39.4. The van der Waals surface area contributed by atoms with Gasteiger partial charge in [-0.25, -0.2) is 0 Å². The molecule has 0 saturated carbocycles. The normalized spacial score (nSPS) is 18.8. The maximum Gasteiger partial charge on any atom is 0.401 e. The molecule has 104 valence electrons. The molecule has 0 aliphatic carbocycles. The first-order valence-electron chi connectivity index (χ1n) is 5.42.